The fourth-order valence-corrected chi connectivity index (χ4v) is 1.35. The highest BCUT2D eigenvalue weighted by Crippen LogP contribution is 2.37. The molecule has 128 valence electrons. The number of rotatable bonds is 3. The van der Waals surface area contributed by atoms with Gasteiger partial charge in [-0.3, -0.25) is 4.79 Å². The van der Waals surface area contributed by atoms with Gasteiger partial charge in [0.1, 0.15) is 0 Å². The highest BCUT2D eigenvalue weighted by atomic mass is 19.4. The zero-order valence-corrected chi connectivity index (χ0v) is 10.7. The van der Waals surface area contributed by atoms with Crippen molar-refractivity contribution in [3.8, 4) is 0 Å². The van der Waals surface area contributed by atoms with E-state index in [1.165, 1.54) is 0 Å². The Balaban J connectivity index is 3.12. The zero-order chi connectivity index (χ0) is 18.1. The van der Waals surface area contributed by atoms with Gasteiger partial charge in [0.15, 0.2) is 0 Å². The number of allylic oxidation sites excluding steroid dienone is 1. The average Bonchev–Trinajstić information content (AvgIpc) is 2.35. The van der Waals surface area contributed by atoms with E-state index in [4.69, 9.17) is 0 Å². The zero-order valence-electron chi connectivity index (χ0n) is 10.7. The van der Waals surface area contributed by atoms with Crippen LogP contribution in [0.1, 0.15) is 11.1 Å². The number of benzene rings is 1. The second-order valence-corrected chi connectivity index (χ2v) is 4.13. The van der Waals surface area contributed by atoms with E-state index in [1.54, 1.807) is 5.32 Å². The Morgan fingerprint density at radius 1 is 0.826 bits per heavy atom. The van der Waals surface area contributed by atoms with Crippen LogP contribution >= 0.6 is 0 Å². The molecule has 1 aromatic rings. The van der Waals surface area contributed by atoms with Crippen LogP contribution < -0.4 is 5.32 Å². The van der Waals surface area contributed by atoms with Crippen LogP contribution in [0.15, 0.2) is 30.5 Å². The summed E-state index contributed by atoms with van der Waals surface area (Å²) in [5, 5.41) is 1.77. The molecule has 0 radical (unpaired) electrons. The molecule has 0 fully saturated rings. The number of carbonyl (C=O) groups is 1. The lowest BCUT2D eigenvalue weighted by molar-refractivity contribution is -0.165. The van der Waals surface area contributed by atoms with E-state index < -0.39 is 41.1 Å². The normalized spacial score (nSPS) is 13.4. The number of ketones is 1. The highest BCUT2D eigenvalue weighted by molar-refractivity contribution is 5.94. The van der Waals surface area contributed by atoms with Gasteiger partial charge in [-0.15, -0.1) is 0 Å². The van der Waals surface area contributed by atoms with Crippen LogP contribution in [0.3, 0.4) is 0 Å². The van der Waals surface area contributed by atoms with E-state index >= 15 is 0 Å². The van der Waals surface area contributed by atoms with Crippen molar-refractivity contribution in [3.63, 3.8) is 0 Å². The Labute approximate surface area is 122 Å². The molecule has 2 nitrogen and oxygen atoms in total. The van der Waals surface area contributed by atoms with Crippen LogP contribution in [0, 0.1) is 0 Å². The van der Waals surface area contributed by atoms with Crippen molar-refractivity contribution in [3.05, 3.63) is 41.6 Å². The first-order valence-electron chi connectivity index (χ1n) is 5.55. The van der Waals surface area contributed by atoms with Crippen LogP contribution in [0.25, 0.3) is 0 Å². The molecule has 0 saturated carbocycles. The molecule has 0 spiro atoms. The molecule has 0 bridgehead atoms. The third-order valence-corrected chi connectivity index (χ3v) is 2.35. The summed E-state index contributed by atoms with van der Waals surface area (Å²) in [5.41, 5.74) is -4.07. The van der Waals surface area contributed by atoms with Gasteiger partial charge in [0, 0.05) is 18.0 Å². The summed E-state index contributed by atoms with van der Waals surface area (Å²) in [5.74, 6) is -2.33. The van der Waals surface area contributed by atoms with Crippen LogP contribution in [-0.2, 0) is 17.1 Å². The molecule has 0 aliphatic heterocycles. The molecule has 1 aromatic carbocycles. The topological polar surface area (TPSA) is 29.1 Å². The van der Waals surface area contributed by atoms with Crippen molar-refractivity contribution in [2.45, 2.75) is 18.5 Å². The molecular formula is C12H6F9NO. The Morgan fingerprint density at radius 3 is 1.61 bits per heavy atom. The second-order valence-electron chi connectivity index (χ2n) is 4.13. The maximum Gasteiger partial charge on any atom is 0.454 e. The van der Waals surface area contributed by atoms with Crippen molar-refractivity contribution in [1.29, 1.82) is 0 Å². The predicted molar refractivity (Wildman–Crippen MR) is 60.3 cm³/mol. The van der Waals surface area contributed by atoms with Gasteiger partial charge in [-0.1, -0.05) is 0 Å². The summed E-state index contributed by atoms with van der Waals surface area (Å²) in [7, 11) is 0. The van der Waals surface area contributed by atoms with E-state index in [0.717, 1.165) is 0 Å². The first kappa shape index (κ1) is 18.8. The molecule has 1 N–H and O–H groups in total. The molecule has 1 rings (SSSR count). The van der Waals surface area contributed by atoms with Gasteiger partial charge in [-0.2, -0.15) is 39.5 Å². The molecule has 0 atom stereocenters. The molecule has 0 unspecified atom stereocenters. The lowest BCUT2D eigenvalue weighted by Crippen LogP contribution is -2.20. The van der Waals surface area contributed by atoms with Gasteiger partial charge < -0.3 is 5.32 Å². The SMILES string of the molecule is O=C(/C=C/Nc1cc(C(F)(F)F)cc(C(F)(F)F)c1)C(F)(F)F. The molecule has 0 heterocycles. The van der Waals surface area contributed by atoms with Crippen molar-refractivity contribution in [2.24, 2.45) is 0 Å². The average molecular weight is 351 g/mol. The third-order valence-electron chi connectivity index (χ3n) is 2.35. The Hall–Kier alpha value is -2.20. The monoisotopic (exact) mass is 351 g/mol. The minimum absolute atomic E-state index is 0.0620. The van der Waals surface area contributed by atoms with Crippen LogP contribution in [0.2, 0.25) is 0 Å². The summed E-state index contributed by atoms with van der Waals surface area (Å²) < 4.78 is 111. The fraction of sp³-hybridized carbons (Fsp3) is 0.250. The lowest BCUT2D eigenvalue weighted by Gasteiger charge is -2.14. The maximum atomic E-state index is 12.5. The summed E-state index contributed by atoms with van der Waals surface area (Å²) >= 11 is 0. The van der Waals surface area contributed by atoms with Gasteiger partial charge in [-0.25, -0.2) is 0 Å². The van der Waals surface area contributed by atoms with E-state index in [0.29, 0.717) is 6.20 Å². The number of halogens is 9. The van der Waals surface area contributed by atoms with Gasteiger partial charge in [-0.05, 0) is 18.2 Å². The first-order chi connectivity index (χ1) is 10.2. The summed E-state index contributed by atoms with van der Waals surface area (Å²) in [6.07, 6.45) is -15.2. The molecule has 11 heteroatoms. The number of nitrogens with one attached hydrogen (secondary N) is 1. The minimum atomic E-state index is -5.21. The number of hydrogen-bond donors (Lipinski definition) is 1. The molecule has 0 amide bonds. The summed E-state index contributed by atoms with van der Waals surface area (Å²) in [6, 6.07) is 0.380. The molecular weight excluding hydrogens is 345 g/mol. The first-order valence-corrected chi connectivity index (χ1v) is 5.55. The predicted octanol–water partition coefficient (Wildman–Crippen LogP) is 4.78. The quantitative estimate of drug-likeness (QED) is 0.627. The standard InChI is InChI=1S/C12H6F9NO/c13-10(14,15)6-3-7(11(16,17)18)5-8(4-6)22-2-1-9(23)12(19,20)21/h1-5,22H/b2-1+. The molecule has 0 aliphatic rings. The number of carbonyl (C=O) groups excluding carboxylic acids is 1. The second kappa shape index (κ2) is 6.13. The third kappa shape index (κ3) is 5.49. The highest BCUT2D eigenvalue weighted by Gasteiger charge is 2.37. The summed E-state index contributed by atoms with van der Waals surface area (Å²) in [6.45, 7) is 0. The van der Waals surface area contributed by atoms with E-state index in [2.05, 4.69) is 0 Å². The van der Waals surface area contributed by atoms with Gasteiger partial charge >= 0.3 is 18.5 Å². The number of hydrogen-bond acceptors (Lipinski definition) is 2. The molecule has 0 aliphatic carbocycles. The van der Waals surface area contributed by atoms with Crippen molar-refractivity contribution in [2.75, 3.05) is 5.32 Å². The van der Waals surface area contributed by atoms with Gasteiger partial charge in [0.05, 0.1) is 11.1 Å². The lowest BCUT2D eigenvalue weighted by atomic mass is 10.1. The van der Waals surface area contributed by atoms with Crippen LogP contribution in [0.4, 0.5) is 45.2 Å². The van der Waals surface area contributed by atoms with Crippen molar-refractivity contribution in [1.82, 2.24) is 0 Å². The number of anilines is 1. The largest absolute Gasteiger partial charge is 0.454 e. The smallest absolute Gasteiger partial charge is 0.362 e. The summed E-state index contributed by atoms with van der Waals surface area (Å²) in [4.78, 5) is 10.5. The van der Waals surface area contributed by atoms with Gasteiger partial charge in [0.25, 0.3) is 5.78 Å². The van der Waals surface area contributed by atoms with Crippen LogP contribution in [-0.4, -0.2) is 12.0 Å². The molecule has 0 saturated heterocycles. The van der Waals surface area contributed by atoms with Crippen molar-refractivity contribution >= 4 is 11.5 Å². The van der Waals surface area contributed by atoms with Gasteiger partial charge in [0.2, 0.25) is 0 Å². The van der Waals surface area contributed by atoms with Crippen LogP contribution in [0.5, 0.6) is 0 Å². The Kier molecular flexibility index (Phi) is 5.02. The van der Waals surface area contributed by atoms with E-state index in [9.17, 15) is 44.3 Å². The Bertz CT molecular complexity index is 578. The molecule has 23 heavy (non-hydrogen) atoms. The van der Waals surface area contributed by atoms with E-state index in [-0.39, 0.29) is 24.3 Å². The van der Waals surface area contributed by atoms with E-state index in [1.807, 2.05) is 0 Å². The maximum absolute atomic E-state index is 12.5. The van der Waals surface area contributed by atoms with Crippen molar-refractivity contribution < 1.29 is 44.3 Å². The number of alkyl halides is 9. The minimum Gasteiger partial charge on any atom is -0.362 e. The Morgan fingerprint density at radius 2 is 1.26 bits per heavy atom. The fourth-order valence-electron chi connectivity index (χ4n) is 1.35. The molecule has 0 aromatic heterocycles.